The third-order valence-corrected chi connectivity index (χ3v) is 9.91. The van der Waals surface area contributed by atoms with Crippen molar-refractivity contribution in [3.63, 3.8) is 0 Å². The van der Waals surface area contributed by atoms with Gasteiger partial charge in [0.1, 0.15) is 0 Å². The fraction of sp³-hybridized carbons (Fsp3) is 0.857. The van der Waals surface area contributed by atoms with E-state index in [1.54, 1.807) is 0 Å². The summed E-state index contributed by atoms with van der Waals surface area (Å²) in [5.41, 5.74) is -0.887. The van der Waals surface area contributed by atoms with Crippen LogP contribution in [-0.2, 0) is 9.59 Å². The molecule has 0 aliphatic carbocycles. The number of nitrogens with zero attached hydrogens (tertiary/aromatic N) is 1. The normalized spacial score (nSPS) is 12.3. The molecule has 0 rings (SSSR count). The molecular formula is C42H80ClNO2. The molecule has 0 fully saturated rings. The van der Waals surface area contributed by atoms with Crippen LogP contribution in [0.5, 0.6) is 0 Å². The molecule has 0 amide bonds. The molecule has 0 saturated heterocycles. The first-order valence-corrected chi connectivity index (χ1v) is 20.0. The highest BCUT2D eigenvalue weighted by Gasteiger charge is 2.53. The summed E-state index contributed by atoms with van der Waals surface area (Å²) in [7, 11) is 6.12. The number of carbonyl (C=O) groups is 2. The quantitative estimate of drug-likeness (QED) is 0.0297. The Balaban J connectivity index is 0. The van der Waals surface area contributed by atoms with Gasteiger partial charge in [-0.2, -0.15) is 0 Å². The molecule has 0 aliphatic heterocycles. The lowest BCUT2D eigenvalue weighted by molar-refractivity contribution is -0.902. The number of quaternary nitrogens is 1. The summed E-state index contributed by atoms with van der Waals surface area (Å²) >= 11 is 0. The largest absolute Gasteiger partial charge is 1.00 e. The summed E-state index contributed by atoms with van der Waals surface area (Å²) in [5.74, 6) is 0.348. The standard InChI is InChI=1S/C42H80NO2.ClH/c1-7-10-12-14-16-18-20-22-24-26-28-30-32-34-36-38-40(44)42(9-3,43(4,5)6)41(45)39-37-35-33-31-29-27-25-23-21-19-17-15-13-11-8-2;/h22-25H,7-21,26-39H2,1-6H3;1H/q+1;/p-1/b24-22-,25-23-;. The zero-order chi connectivity index (χ0) is 33.5. The Kier molecular flexibility index (Phi) is 33.5. The zero-order valence-electron chi connectivity index (χ0n) is 32.0. The minimum atomic E-state index is -0.887. The highest BCUT2D eigenvalue weighted by molar-refractivity contribution is 6.10. The van der Waals surface area contributed by atoms with E-state index in [1.807, 2.05) is 28.1 Å². The Hall–Kier alpha value is -0.930. The fourth-order valence-corrected chi connectivity index (χ4v) is 6.90. The maximum absolute atomic E-state index is 13.6. The Bertz CT molecular complexity index is 699. The number of hydrogen-bond acceptors (Lipinski definition) is 2. The molecule has 0 unspecified atom stereocenters. The number of rotatable bonds is 34. The van der Waals surface area contributed by atoms with Gasteiger partial charge in [0.15, 0.2) is 0 Å². The predicted molar refractivity (Wildman–Crippen MR) is 200 cm³/mol. The maximum atomic E-state index is 13.6. The first-order chi connectivity index (χ1) is 21.8. The van der Waals surface area contributed by atoms with Gasteiger partial charge in [0.05, 0.1) is 21.1 Å². The van der Waals surface area contributed by atoms with Crippen molar-refractivity contribution in [3.05, 3.63) is 24.3 Å². The number of carbonyl (C=O) groups excluding carboxylic acids is 2. The molecule has 0 saturated carbocycles. The van der Waals surface area contributed by atoms with Crippen molar-refractivity contribution in [2.24, 2.45) is 0 Å². The molecule has 0 atom stereocenters. The van der Waals surface area contributed by atoms with Gasteiger partial charge in [-0.25, -0.2) is 0 Å². The minimum Gasteiger partial charge on any atom is -1.00 e. The van der Waals surface area contributed by atoms with E-state index in [2.05, 4.69) is 38.2 Å². The third kappa shape index (κ3) is 23.4. The number of ketones is 2. The molecule has 0 aromatic heterocycles. The van der Waals surface area contributed by atoms with Gasteiger partial charge in [0.2, 0.25) is 17.1 Å². The summed E-state index contributed by atoms with van der Waals surface area (Å²) in [6.45, 7) is 6.59. The molecule has 0 aromatic carbocycles. The van der Waals surface area contributed by atoms with Crippen LogP contribution in [-0.4, -0.2) is 42.7 Å². The summed E-state index contributed by atoms with van der Waals surface area (Å²) in [6.07, 6.45) is 43.7. The van der Waals surface area contributed by atoms with E-state index in [4.69, 9.17) is 0 Å². The maximum Gasteiger partial charge on any atom is 0.216 e. The van der Waals surface area contributed by atoms with E-state index in [1.165, 1.54) is 141 Å². The topological polar surface area (TPSA) is 34.1 Å². The monoisotopic (exact) mass is 666 g/mol. The van der Waals surface area contributed by atoms with Crippen LogP contribution in [0.25, 0.3) is 0 Å². The summed E-state index contributed by atoms with van der Waals surface area (Å²) < 4.78 is 0.414. The van der Waals surface area contributed by atoms with Gasteiger partial charge < -0.3 is 16.9 Å². The Morgan fingerprint density at radius 3 is 0.957 bits per heavy atom. The molecule has 0 N–H and O–H groups in total. The molecule has 0 aromatic rings. The van der Waals surface area contributed by atoms with Gasteiger partial charge in [0.25, 0.3) is 0 Å². The molecule has 272 valence electrons. The number of halogens is 1. The number of allylic oxidation sites excluding steroid dienone is 4. The molecule has 0 heterocycles. The van der Waals surface area contributed by atoms with Gasteiger partial charge in [-0.15, -0.1) is 0 Å². The number of hydrogen-bond donors (Lipinski definition) is 0. The first kappa shape index (κ1) is 47.2. The third-order valence-electron chi connectivity index (χ3n) is 9.91. The second kappa shape index (κ2) is 32.6. The van der Waals surface area contributed by atoms with Crippen molar-refractivity contribution >= 4 is 11.6 Å². The molecule has 3 nitrogen and oxygen atoms in total. The molecule has 4 heteroatoms. The number of likely N-dealkylation sites (N-methyl/N-ethyl adjacent to an activating group) is 1. The Labute approximate surface area is 295 Å². The summed E-state index contributed by atoms with van der Waals surface area (Å²) in [4.78, 5) is 27.3. The van der Waals surface area contributed by atoms with Crippen LogP contribution in [0.15, 0.2) is 24.3 Å². The van der Waals surface area contributed by atoms with Crippen molar-refractivity contribution in [1.29, 1.82) is 0 Å². The molecule has 0 aliphatic rings. The molecule has 0 spiro atoms. The van der Waals surface area contributed by atoms with Gasteiger partial charge in [-0.3, -0.25) is 9.59 Å². The highest BCUT2D eigenvalue weighted by Crippen LogP contribution is 2.30. The average Bonchev–Trinajstić information content (AvgIpc) is 3.01. The lowest BCUT2D eigenvalue weighted by atomic mass is 9.79. The molecular weight excluding hydrogens is 586 g/mol. The van der Waals surface area contributed by atoms with Gasteiger partial charge in [0, 0.05) is 19.3 Å². The number of Topliss-reactive ketones (excluding diaryl/α,β-unsaturated/α-hetero) is 2. The highest BCUT2D eigenvalue weighted by atomic mass is 35.5. The van der Waals surface area contributed by atoms with Gasteiger partial charge >= 0.3 is 0 Å². The lowest BCUT2D eigenvalue weighted by Gasteiger charge is -2.43. The van der Waals surface area contributed by atoms with Crippen molar-refractivity contribution in [3.8, 4) is 0 Å². The summed E-state index contributed by atoms with van der Waals surface area (Å²) in [5, 5.41) is 0. The smallest absolute Gasteiger partial charge is 0.216 e. The van der Waals surface area contributed by atoms with Crippen LogP contribution in [0, 0.1) is 0 Å². The average molecular weight is 667 g/mol. The Morgan fingerprint density at radius 1 is 0.435 bits per heavy atom. The number of unbranched alkanes of at least 4 members (excludes halogenated alkanes) is 22. The van der Waals surface area contributed by atoms with Crippen LogP contribution in [0.1, 0.15) is 207 Å². The van der Waals surface area contributed by atoms with Crippen molar-refractivity contribution in [2.45, 2.75) is 213 Å². The zero-order valence-corrected chi connectivity index (χ0v) is 32.7. The minimum absolute atomic E-state index is 0. The van der Waals surface area contributed by atoms with Crippen LogP contribution in [0.4, 0.5) is 0 Å². The van der Waals surface area contributed by atoms with Crippen LogP contribution in [0.3, 0.4) is 0 Å². The SMILES string of the molecule is CCCCCCCC/C=C\CCCCCCCC(=O)C(CC)(C(=O)CCCCCCC/C=C\CCCCCCCC)[N+](C)(C)C.[Cl-]. The molecule has 0 bridgehead atoms. The van der Waals surface area contributed by atoms with E-state index in [0.717, 1.165) is 25.7 Å². The van der Waals surface area contributed by atoms with Gasteiger partial charge in [-0.1, -0.05) is 148 Å². The van der Waals surface area contributed by atoms with Gasteiger partial charge in [-0.05, 0) is 64.2 Å². The second-order valence-electron chi connectivity index (χ2n) is 14.7. The Morgan fingerprint density at radius 2 is 0.696 bits per heavy atom. The molecule has 46 heavy (non-hydrogen) atoms. The van der Waals surface area contributed by atoms with Crippen molar-refractivity contribution < 1.29 is 26.5 Å². The van der Waals surface area contributed by atoms with E-state index in [9.17, 15) is 9.59 Å². The van der Waals surface area contributed by atoms with E-state index in [-0.39, 0.29) is 24.0 Å². The second-order valence-corrected chi connectivity index (χ2v) is 14.7. The van der Waals surface area contributed by atoms with Crippen molar-refractivity contribution in [1.82, 2.24) is 0 Å². The van der Waals surface area contributed by atoms with Crippen LogP contribution < -0.4 is 12.4 Å². The molecule has 0 radical (unpaired) electrons. The summed E-state index contributed by atoms with van der Waals surface area (Å²) in [6, 6.07) is 0. The van der Waals surface area contributed by atoms with Crippen molar-refractivity contribution in [2.75, 3.05) is 21.1 Å². The van der Waals surface area contributed by atoms with Crippen LogP contribution >= 0.6 is 0 Å². The predicted octanol–water partition coefficient (Wildman–Crippen LogP) is 10.1. The fourth-order valence-electron chi connectivity index (χ4n) is 6.90. The van der Waals surface area contributed by atoms with E-state index >= 15 is 0 Å². The van der Waals surface area contributed by atoms with E-state index in [0.29, 0.717) is 23.7 Å². The van der Waals surface area contributed by atoms with E-state index < -0.39 is 5.54 Å². The first-order valence-electron chi connectivity index (χ1n) is 20.0. The van der Waals surface area contributed by atoms with Crippen LogP contribution in [0.2, 0.25) is 0 Å². The lowest BCUT2D eigenvalue weighted by Crippen LogP contribution is -3.00.